The van der Waals surface area contributed by atoms with Gasteiger partial charge in [-0.05, 0) is 24.3 Å². The second-order valence-electron chi connectivity index (χ2n) is 3.90. The summed E-state index contributed by atoms with van der Waals surface area (Å²) in [6, 6.07) is 9.73. The molecule has 0 unspecified atom stereocenters. The van der Waals surface area contributed by atoms with Gasteiger partial charge in [0.1, 0.15) is 11.6 Å². The monoisotopic (exact) mass is 299 g/mol. The van der Waals surface area contributed by atoms with Crippen LogP contribution in [0.25, 0.3) is 0 Å². The van der Waals surface area contributed by atoms with Crippen molar-refractivity contribution in [1.82, 2.24) is 0 Å². The van der Waals surface area contributed by atoms with Gasteiger partial charge in [-0.2, -0.15) is 0 Å². The van der Waals surface area contributed by atoms with Gasteiger partial charge in [0.25, 0.3) is 0 Å². The molecule has 2 aromatic carbocycles. The molecule has 0 aromatic heterocycles. The lowest BCUT2D eigenvalue weighted by molar-refractivity contribution is 0.414. The molecule has 0 spiro atoms. The number of methoxy groups -OCH3 is 1. The Morgan fingerprint density at radius 2 is 1.84 bits per heavy atom. The summed E-state index contributed by atoms with van der Waals surface area (Å²) in [4.78, 5) is 0. The first kappa shape index (κ1) is 14.0. The smallest absolute Gasteiger partial charge is 0.146 e. The highest BCUT2D eigenvalue weighted by Crippen LogP contribution is 2.27. The van der Waals surface area contributed by atoms with Gasteiger partial charge in [0, 0.05) is 28.2 Å². The van der Waals surface area contributed by atoms with Gasteiger partial charge in [-0.15, -0.1) is 0 Å². The van der Waals surface area contributed by atoms with Crippen molar-refractivity contribution in [1.29, 1.82) is 0 Å². The van der Waals surface area contributed by atoms with E-state index in [9.17, 15) is 4.39 Å². The number of nitrogens with one attached hydrogen (secondary N) is 1. The molecule has 2 rings (SSSR count). The third kappa shape index (κ3) is 3.31. The van der Waals surface area contributed by atoms with Crippen LogP contribution in [0.4, 0.5) is 10.1 Å². The SMILES string of the molecule is COc1ccc(F)c(NCc2c(Cl)cccc2Cl)c1. The molecule has 0 bridgehead atoms. The Kier molecular flexibility index (Phi) is 4.51. The number of benzene rings is 2. The van der Waals surface area contributed by atoms with Crippen LogP contribution in [0, 0.1) is 5.82 Å². The Balaban J connectivity index is 2.19. The van der Waals surface area contributed by atoms with Crippen LogP contribution in [0.2, 0.25) is 10.0 Å². The second-order valence-corrected chi connectivity index (χ2v) is 4.71. The number of anilines is 1. The van der Waals surface area contributed by atoms with Crippen LogP contribution in [0.5, 0.6) is 5.75 Å². The number of ether oxygens (including phenoxy) is 1. The van der Waals surface area contributed by atoms with Gasteiger partial charge in [0.05, 0.1) is 12.8 Å². The van der Waals surface area contributed by atoms with E-state index >= 15 is 0 Å². The van der Waals surface area contributed by atoms with Crippen molar-refractivity contribution in [2.45, 2.75) is 6.54 Å². The number of hydrogen-bond acceptors (Lipinski definition) is 2. The predicted molar refractivity (Wildman–Crippen MR) is 76.7 cm³/mol. The normalized spacial score (nSPS) is 10.3. The topological polar surface area (TPSA) is 21.3 Å². The molecule has 0 heterocycles. The Bertz CT molecular complexity index is 569. The zero-order chi connectivity index (χ0) is 13.8. The molecule has 0 atom stereocenters. The van der Waals surface area contributed by atoms with Crippen LogP contribution in [0.3, 0.4) is 0 Å². The molecule has 0 saturated carbocycles. The van der Waals surface area contributed by atoms with Gasteiger partial charge in [-0.3, -0.25) is 0 Å². The van der Waals surface area contributed by atoms with Crippen molar-refractivity contribution in [3.05, 3.63) is 57.8 Å². The molecular weight excluding hydrogens is 288 g/mol. The van der Waals surface area contributed by atoms with E-state index in [-0.39, 0.29) is 5.82 Å². The van der Waals surface area contributed by atoms with Gasteiger partial charge in [0.2, 0.25) is 0 Å². The van der Waals surface area contributed by atoms with Crippen molar-refractivity contribution in [3.63, 3.8) is 0 Å². The fourth-order valence-electron chi connectivity index (χ4n) is 1.65. The van der Waals surface area contributed by atoms with Crippen molar-refractivity contribution in [2.24, 2.45) is 0 Å². The highest BCUT2D eigenvalue weighted by molar-refractivity contribution is 6.36. The zero-order valence-electron chi connectivity index (χ0n) is 10.2. The fraction of sp³-hybridized carbons (Fsp3) is 0.143. The number of rotatable bonds is 4. The maximum absolute atomic E-state index is 13.6. The highest BCUT2D eigenvalue weighted by Gasteiger charge is 2.08. The molecule has 0 aliphatic carbocycles. The summed E-state index contributed by atoms with van der Waals surface area (Å²) in [7, 11) is 1.53. The molecular formula is C14H12Cl2FNO. The van der Waals surface area contributed by atoms with Gasteiger partial charge >= 0.3 is 0 Å². The van der Waals surface area contributed by atoms with Gasteiger partial charge < -0.3 is 10.1 Å². The van der Waals surface area contributed by atoms with Crippen molar-refractivity contribution in [2.75, 3.05) is 12.4 Å². The van der Waals surface area contributed by atoms with Crippen LogP contribution in [0.1, 0.15) is 5.56 Å². The fourth-order valence-corrected chi connectivity index (χ4v) is 2.18. The molecule has 0 aliphatic rings. The van der Waals surface area contributed by atoms with Crippen LogP contribution >= 0.6 is 23.2 Å². The number of halogens is 3. The summed E-state index contributed by atoms with van der Waals surface area (Å²) in [6.07, 6.45) is 0. The summed E-state index contributed by atoms with van der Waals surface area (Å²) < 4.78 is 18.7. The van der Waals surface area contributed by atoms with Gasteiger partial charge in [0.15, 0.2) is 0 Å². The first-order valence-corrected chi connectivity index (χ1v) is 6.37. The van der Waals surface area contributed by atoms with Crippen LogP contribution < -0.4 is 10.1 Å². The van der Waals surface area contributed by atoms with E-state index in [1.54, 1.807) is 30.3 Å². The summed E-state index contributed by atoms with van der Waals surface area (Å²) in [5, 5.41) is 4.05. The second kappa shape index (κ2) is 6.13. The Labute approximate surface area is 121 Å². The average molecular weight is 300 g/mol. The lowest BCUT2D eigenvalue weighted by Gasteiger charge is -2.11. The summed E-state index contributed by atoms with van der Waals surface area (Å²) >= 11 is 12.1. The first-order chi connectivity index (χ1) is 9.11. The van der Waals surface area contributed by atoms with E-state index in [1.165, 1.54) is 13.2 Å². The van der Waals surface area contributed by atoms with Crippen LogP contribution in [-0.4, -0.2) is 7.11 Å². The number of hydrogen-bond donors (Lipinski definition) is 1. The lowest BCUT2D eigenvalue weighted by Crippen LogP contribution is -2.03. The molecule has 100 valence electrons. The zero-order valence-corrected chi connectivity index (χ0v) is 11.7. The van der Waals surface area contributed by atoms with Gasteiger partial charge in [-0.1, -0.05) is 29.3 Å². The summed E-state index contributed by atoms with van der Waals surface area (Å²) in [6.45, 7) is 0.336. The summed E-state index contributed by atoms with van der Waals surface area (Å²) in [5.41, 5.74) is 1.07. The standard InChI is InChI=1S/C14H12Cl2FNO/c1-19-9-5-6-13(17)14(7-9)18-8-10-11(15)3-2-4-12(10)16/h2-7,18H,8H2,1H3. The van der Waals surface area contributed by atoms with E-state index in [0.717, 1.165) is 5.56 Å². The molecule has 19 heavy (non-hydrogen) atoms. The molecule has 2 nitrogen and oxygen atoms in total. The minimum atomic E-state index is -0.357. The highest BCUT2D eigenvalue weighted by atomic mass is 35.5. The first-order valence-electron chi connectivity index (χ1n) is 5.62. The summed E-state index contributed by atoms with van der Waals surface area (Å²) in [5.74, 6) is 0.220. The van der Waals surface area contributed by atoms with Crippen molar-refractivity contribution >= 4 is 28.9 Å². The predicted octanol–water partition coefficient (Wildman–Crippen LogP) is 4.75. The van der Waals surface area contributed by atoms with Crippen molar-refractivity contribution < 1.29 is 9.13 Å². The lowest BCUT2D eigenvalue weighted by atomic mass is 10.2. The minimum absolute atomic E-state index is 0.336. The quantitative estimate of drug-likeness (QED) is 0.879. The Hall–Kier alpha value is -1.45. The molecule has 0 aliphatic heterocycles. The largest absolute Gasteiger partial charge is 0.497 e. The molecule has 0 radical (unpaired) electrons. The maximum Gasteiger partial charge on any atom is 0.146 e. The van der Waals surface area contributed by atoms with E-state index < -0.39 is 0 Å². The van der Waals surface area contributed by atoms with E-state index in [1.807, 2.05) is 0 Å². The van der Waals surface area contributed by atoms with Crippen LogP contribution in [-0.2, 0) is 6.54 Å². The Morgan fingerprint density at radius 1 is 1.16 bits per heavy atom. The average Bonchev–Trinajstić information content (AvgIpc) is 2.40. The maximum atomic E-state index is 13.6. The Morgan fingerprint density at radius 3 is 2.47 bits per heavy atom. The molecule has 0 amide bonds. The van der Waals surface area contributed by atoms with Gasteiger partial charge in [-0.25, -0.2) is 4.39 Å². The van der Waals surface area contributed by atoms with E-state index in [0.29, 0.717) is 28.0 Å². The molecule has 0 saturated heterocycles. The third-order valence-electron chi connectivity index (χ3n) is 2.69. The van der Waals surface area contributed by atoms with E-state index in [2.05, 4.69) is 5.32 Å². The molecule has 0 fully saturated rings. The van der Waals surface area contributed by atoms with Crippen molar-refractivity contribution in [3.8, 4) is 5.75 Å². The van der Waals surface area contributed by atoms with E-state index in [4.69, 9.17) is 27.9 Å². The third-order valence-corrected chi connectivity index (χ3v) is 3.40. The minimum Gasteiger partial charge on any atom is -0.497 e. The molecule has 5 heteroatoms. The van der Waals surface area contributed by atoms with Crippen LogP contribution in [0.15, 0.2) is 36.4 Å². The molecule has 1 N–H and O–H groups in total. The molecule has 2 aromatic rings.